The van der Waals surface area contributed by atoms with Gasteiger partial charge in [0.15, 0.2) is 0 Å². The van der Waals surface area contributed by atoms with E-state index in [9.17, 15) is 9.90 Å². The Morgan fingerprint density at radius 2 is 1.75 bits per heavy atom. The van der Waals surface area contributed by atoms with Crippen molar-refractivity contribution in [1.29, 1.82) is 0 Å². The van der Waals surface area contributed by atoms with Crippen molar-refractivity contribution in [2.45, 2.75) is 26.3 Å². The minimum Gasteiger partial charge on any atom is -0.497 e. The van der Waals surface area contributed by atoms with Crippen molar-refractivity contribution in [2.24, 2.45) is 0 Å². The third-order valence-corrected chi connectivity index (χ3v) is 2.19. The standard InChI is InChI=1S/C12H17NO3/c1-12(2,3)13(11(14)15)9-5-7-10(16-4)8-6-9/h5-8H,1-4H3,(H,14,15). The first-order valence-corrected chi connectivity index (χ1v) is 5.03. The van der Waals surface area contributed by atoms with Crippen LogP contribution in [0.2, 0.25) is 0 Å². The molecule has 0 bridgehead atoms. The van der Waals surface area contributed by atoms with Gasteiger partial charge in [-0.1, -0.05) is 0 Å². The zero-order chi connectivity index (χ0) is 12.3. The number of benzene rings is 1. The summed E-state index contributed by atoms with van der Waals surface area (Å²) in [4.78, 5) is 12.5. The number of nitrogens with zero attached hydrogens (tertiary/aromatic N) is 1. The molecule has 16 heavy (non-hydrogen) atoms. The Balaban J connectivity index is 3.07. The molecule has 1 amide bonds. The van der Waals surface area contributed by atoms with Gasteiger partial charge in [-0.2, -0.15) is 0 Å². The van der Waals surface area contributed by atoms with Gasteiger partial charge in [0.2, 0.25) is 0 Å². The van der Waals surface area contributed by atoms with Crippen molar-refractivity contribution >= 4 is 11.8 Å². The third kappa shape index (κ3) is 2.66. The van der Waals surface area contributed by atoms with Gasteiger partial charge >= 0.3 is 6.09 Å². The number of methoxy groups -OCH3 is 1. The second-order valence-corrected chi connectivity index (χ2v) is 4.49. The number of anilines is 1. The first kappa shape index (κ1) is 12.4. The Morgan fingerprint density at radius 3 is 2.06 bits per heavy atom. The molecule has 88 valence electrons. The van der Waals surface area contributed by atoms with Crippen LogP contribution in [0.25, 0.3) is 0 Å². The third-order valence-electron chi connectivity index (χ3n) is 2.19. The Bertz CT molecular complexity index is 365. The number of hydrogen-bond donors (Lipinski definition) is 1. The van der Waals surface area contributed by atoms with E-state index in [2.05, 4.69) is 0 Å². The van der Waals surface area contributed by atoms with Gasteiger partial charge in [0, 0.05) is 11.2 Å². The summed E-state index contributed by atoms with van der Waals surface area (Å²) in [5.74, 6) is 0.711. The molecule has 0 spiro atoms. The molecule has 0 aliphatic carbocycles. The van der Waals surface area contributed by atoms with Crippen molar-refractivity contribution in [3.63, 3.8) is 0 Å². The van der Waals surface area contributed by atoms with Crippen LogP contribution >= 0.6 is 0 Å². The fourth-order valence-electron chi connectivity index (χ4n) is 1.52. The van der Waals surface area contributed by atoms with Crippen LogP contribution in [0.3, 0.4) is 0 Å². The molecule has 0 atom stereocenters. The molecule has 1 aromatic rings. The van der Waals surface area contributed by atoms with Crippen LogP contribution in [0, 0.1) is 0 Å². The SMILES string of the molecule is COc1ccc(N(C(=O)O)C(C)(C)C)cc1. The number of amides is 1. The second kappa shape index (κ2) is 4.43. The molecular formula is C12H17NO3. The molecule has 1 rings (SSSR count). The van der Waals surface area contributed by atoms with Gasteiger partial charge in [-0.15, -0.1) is 0 Å². The molecule has 0 aliphatic heterocycles. The lowest BCUT2D eigenvalue weighted by Gasteiger charge is -2.33. The molecular weight excluding hydrogens is 206 g/mol. The highest BCUT2D eigenvalue weighted by molar-refractivity contribution is 5.87. The number of carboxylic acid groups (broad SMARTS) is 1. The molecule has 0 saturated heterocycles. The predicted molar refractivity (Wildman–Crippen MR) is 63.3 cm³/mol. The summed E-state index contributed by atoms with van der Waals surface area (Å²) in [6.45, 7) is 5.56. The Kier molecular flexibility index (Phi) is 3.42. The van der Waals surface area contributed by atoms with Crippen molar-refractivity contribution in [2.75, 3.05) is 12.0 Å². The van der Waals surface area contributed by atoms with E-state index in [0.29, 0.717) is 11.4 Å². The Morgan fingerprint density at radius 1 is 1.25 bits per heavy atom. The Labute approximate surface area is 95.5 Å². The zero-order valence-corrected chi connectivity index (χ0v) is 10.0. The number of rotatable bonds is 2. The quantitative estimate of drug-likeness (QED) is 0.838. The van der Waals surface area contributed by atoms with E-state index in [1.165, 1.54) is 4.90 Å². The van der Waals surface area contributed by atoms with E-state index in [0.717, 1.165) is 0 Å². The summed E-state index contributed by atoms with van der Waals surface area (Å²) in [5, 5.41) is 9.18. The maximum Gasteiger partial charge on any atom is 0.412 e. The van der Waals surface area contributed by atoms with Gasteiger partial charge in [-0.05, 0) is 45.0 Å². The lowest BCUT2D eigenvalue weighted by Crippen LogP contribution is -2.45. The lowest BCUT2D eigenvalue weighted by molar-refractivity contribution is 0.195. The fourth-order valence-corrected chi connectivity index (χ4v) is 1.52. The van der Waals surface area contributed by atoms with Gasteiger partial charge < -0.3 is 9.84 Å². The first-order chi connectivity index (χ1) is 7.36. The van der Waals surface area contributed by atoms with Crippen LogP contribution in [-0.2, 0) is 0 Å². The average molecular weight is 223 g/mol. The normalized spacial score (nSPS) is 11.0. The van der Waals surface area contributed by atoms with Crippen LogP contribution in [-0.4, -0.2) is 23.8 Å². The van der Waals surface area contributed by atoms with Crippen LogP contribution in [0.5, 0.6) is 5.75 Å². The Hall–Kier alpha value is -1.71. The van der Waals surface area contributed by atoms with Crippen molar-refractivity contribution in [3.8, 4) is 5.75 Å². The van der Waals surface area contributed by atoms with E-state index in [-0.39, 0.29) is 0 Å². The van der Waals surface area contributed by atoms with E-state index in [1.807, 2.05) is 20.8 Å². The average Bonchev–Trinajstić information content (AvgIpc) is 2.16. The summed E-state index contributed by atoms with van der Waals surface area (Å²) in [7, 11) is 1.58. The van der Waals surface area contributed by atoms with Crippen LogP contribution in [0.4, 0.5) is 10.5 Å². The molecule has 4 heteroatoms. The minimum atomic E-state index is -0.960. The maximum atomic E-state index is 11.2. The van der Waals surface area contributed by atoms with Gasteiger partial charge in [-0.3, -0.25) is 4.90 Å². The monoisotopic (exact) mass is 223 g/mol. The summed E-state index contributed by atoms with van der Waals surface area (Å²) >= 11 is 0. The van der Waals surface area contributed by atoms with Crippen molar-refractivity contribution in [3.05, 3.63) is 24.3 Å². The van der Waals surface area contributed by atoms with E-state index in [1.54, 1.807) is 31.4 Å². The molecule has 4 nitrogen and oxygen atoms in total. The van der Waals surface area contributed by atoms with Crippen LogP contribution in [0.15, 0.2) is 24.3 Å². The van der Waals surface area contributed by atoms with Crippen molar-refractivity contribution < 1.29 is 14.6 Å². The van der Waals surface area contributed by atoms with Crippen molar-refractivity contribution in [1.82, 2.24) is 0 Å². The van der Waals surface area contributed by atoms with E-state index in [4.69, 9.17) is 4.74 Å². The van der Waals surface area contributed by atoms with E-state index >= 15 is 0 Å². The fraction of sp³-hybridized carbons (Fsp3) is 0.417. The topological polar surface area (TPSA) is 49.8 Å². The summed E-state index contributed by atoms with van der Waals surface area (Å²) in [6, 6.07) is 6.96. The minimum absolute atomic E-state index is 0.472. The molecule has 0 aliphatic rings. The molecule has 0 unspecified atom stereocenters. The van der Waals surface area contributed by atoms with Crippen LogP contribution < -0.4 is 9.64 Å². The number of ether oxygens (including phenoxy) is 1. The lowest BCUT2D eigenvalue weighted by atomic mass is 10.1. The molecule has 0 radical (unpaired) electrons. The van der Waals surface area contributed by atoms with Gasteiger partial charge in [0.1, 0.15) is 5.75 Å². The smallest absolute Gasteiger partial charge is 0.412 e. The summed E-state index contributed by atoms with van der Waals surface area (Å²) in [5.41, 5.74) is 0.168. The summed E-state index contributed by atoms with van der Waals surface area (Å²) < 4.78 is 5.03. The second-order valence-electron chi connectivity index (χ2n) is 4.49. The predicted octanol–water partition coefficient (Wildman–Crippen LogP) is 2.98. The largest absolute Gasteiger partial charge is 0.497 e. The van der Waals surface area contributed by atoms with Gasteiger partial charge in [0.25, 0.3) is 0 Å². The summed E-state index contributed by atoms with van der Waals surface area (Å²) in [6.07, 6.45) is -0.960. The highest BCUT2D eigenvalue weighted by Gasteiger charge is 2.27. The molecule has 0 fully saturated rings. The maximum absolute atomic E-state index is 11.2. The molecule has 1 N–H and O–H groups in total. The number of hydrogen-bond acceptors (Lipinski definition) is 2. The van der Waals surface area contributed by atoms with Gasteiger partial charge in [0.05, 0.1) is 7.11 Å². The van der Waals surface area contributed by atoms with Crippen LogP contribution in [0.1, 0.15) is 20.8 Å². The molecule has 1 aromatic carbocycles. The molecule has 0 saturated carbocycles. The molecule has 0 heterocycles. The molecule has 0 aromatic heterocycles. The number of carbonyl (C=O) groups is 1. The van der Waals surface area contributed by atoms with E-state index < -0.39 is 11.6 Å². The highest BCUT2D eigenvalue weighted by atomic mass is 16.5. The van der Waals surface area contributed by atoms with Gasteiger partial charge in [-0.25, -0.2) is 4.79 Å². The highest BCUT2D eigenvalue weighted by Crippen LogP contribution is 2.25. The first-order valence-electron chi connectivity index (χ1n) is 5.03. The zero-order valence-electron chi connectivity index (χ0n) is 10.0.